The second-order valence-electron chi connectivity index (χ2n) is 3.78. The number of fused-ring (bicyclic) bond motifs is 1. The van der Waals surface area contributed by atoms with Crippen LogP contribution >= 0.6 is 11.6 Å². The molecule has 4 nitrogen and oxygen atoms in total. The molecule has 2 heterocycles. The third-order valence-corrected chi connectivity index (χ3v) is 2.78. The molecule has 0 atom stereocenters. The number of nitrogens with two attached hydrogens (primary N) is 1. The first kappa shape index (κ1) is 11.9. The fourth-order valence-corrected chi connectivity index (χ4v) is 1.84. The van der Waals surface area contributed by atoms with Crippen molar-refractivity contribution in [1.82, 2.24) is 9.97 Å². The molecule has 0 aromatic carbocycles. The van der Waals surface area contributed by atoms with Gasteiger partial charge in [0.25, 0.3) is 0 Å². The van der Waals surface area contributed by atoms with Gasteiger partial charge in [-0.15, -0.1) is 11.6 Å². The number of rotatable bonds is 5. The van der Waals surface area contributed by atoms with Gasteiger partial charge in [0.2, 0.25) is 0 Å². The highest BCUT2D eigenvalue weighted by atomic mass is 35.5. The van der Waals surface area contributed by atoms with E-state index in [1.807, 2.05) is 12.1 Å². The van der Waals surface area contributed by atoms with Crippen LogP contribution in [0.15, 0.2) is 24.5 Å². The van der Waals surface area contributed by atoms with Gasteiger partial charge in [-0.1, -0.05) is 0 Å². The number of anilines is 2. The van der Waals surface area contributed by atoms with Gasteiger partial charge in [0, 0.05) is 18.6 Å². The summed E-state index contributed by atoms with van der Waals surface area (Å²) in [7, 11) is 0. The largest absolute Gasteiger partial charge is 0.396 e. The topological polar surface area (TPSA) is 63.8 Å². The molecule has 2 rings (SSSR count). The van der Waals surface area contributed by atoms with Crippen LogP contribution in [0, 0.1) is 0 Å². The summed E-state index contributed by atoms with van der Waals surface area (Å²) >= 11 is 5.63. The van der Waals surface area contributed by atoms with Gasteiger partial charge < -0.3 is 11.1 Å². The lowest BCUT2D eigenvalue weighted by molar-refractivity contribution is 0.840. The van der Waals surface area contributed by atoms with Gasteiger partial charge >= 0.3 is 0 Å². The highest BCUT2D eigenvalue weighted by Crippen LogP contribution is 2.25. The maximum Gasteiger partial charge on any atom is 0.114 e. The predicted molar refractivity (Wildman–Crippen MR) is 72.4 cm³/mol. The Kier molecular flexibility index (Phi) is 3.98. The molecule has 2 aromatic rings. The van der Waals surface area contributed by atoms with Gasteiger partial charge in [-0.05, 0) is 25.0 Å². The molecule has 5 heteroatoms. The van der Waals surface area contributed by atoms with E-state index in [2.05, 4.69) is 15.3 Å². The van der Waals surface area contributed by atoms with Crippen LogP contribution in [0.3, 0.4) is 0 Å². The molecule has 0 saturated heterocycles. The second-order valence-corrected chi connectivity index (χ2v) is 4.16. The van der Waals surface area contributed by atoms with Gasteiger partial charge in [-0.2, -0.15) is 0 Å². The zero-order chi connectivity index (χ0) is 12.1. The van der Waals surface area contributed by atoms with Crippen molar-refractivity contribution >= 4 is 34.0 Å². The quantitative estimate of drug-likeness (QED) is 0.633. The van der Waals surface area contributed by atoms with Crippen molar-refractivity contribution in [3.63, 3.8) is 0 Å². The molecule has 0 radical (unpaired) electrons. The Hall–Kier alpha value is -1.55. The first-order chi connectivity index (χ1) is 8.33. The van der Waals surface area contributed by atoms with Crippen LogP contribution in [0.4, 0.5) is 11.4 Å². The number of hydrogen-bond acceptors (Lipinski definition) is 4. The lowest BCUT2D eigenvalue weighted by Crippen LogP contribution is -2.06. The number of aromatic nitrogens is 2. The van der Waals surface area contributed by atoms with Crippen LogP contribution in [-0.2, 0) is 0 Å². The smallest absolute Gasteiger partial charge is 0.114 e. The van der Waals surface area contributed by atoms with Crippen molar-refractivity contribution in [2.45, 2.75) is 12.8 Å². The molecule has 0 fully saturated rings. The van der Waals surface area contributed by atoms with Crippen molar-refractivity contribution < 1.29 is 0 Å². The number of unbranched alkanes of at least 4 members (excludes halogenated alkanes) is 1. The minimum absolute atomic E-state index is 0.627. The standard InChI is InChI=1S/C12H15ClN4/c13-5-1-2-6-15-11-9(14)8-17-10-4-3-7-16-12(10)11/h3-4,7-8H,1-2,5-6,14H2,(H,15,17). The van der Waals surface area contributed by atoms with E-state index in [0.29, 0.717) is 11.6 Å². The number of nitrogen functional groups attached to an aromatic ring is 1. The Morgan fingerprint density at radius 1 is 1.29 bits per heavy atom. The van der Waals surface area contributed by atoms with Crippen LogP contribution in [0.25, 0.3) is 11.0 Å². The summed E-state index contributed by atoms with van der Waals surface area (Å²) in [6.45, 7) is 0.840. The van der Waals surface area contributed by atoms with E-state index in [0.717, 1.165) is 36.1 Å². The zero-order valence-electron chi connectivity index (χ0n) is 9.49. The highest BCUT2D eigenvalue weighted by Gasteiger charge is 2.06. The maximum absolute atomic E-state index is 5.91. The van der Waals surface area contributed by atoms with E-state index in [4.69, 9.17) is 17.3 Å². The molecule has 3 N–H and O–H groups in total. The number of nitrogens with one attached hydrogen (secondary N) is 1. The summed E-state index contributed by atoms with van der Waals surface area (Å²) in [5.74, 6) is 0.687. The van der Waals surface area contributed by atoms with Crippen LogP contribution in [0.5, 0.6) is 0 Å². The van der Waals surface area contributed by atoms with Gasteiger partial charge in [0.05, 0.1) is 23.1 Å². The zero-order valence-corrected chi connectivity index (χ0v) is 10.2. The minimum atomic E-state index is 0.627. The third-order valence-electron chi connectivity index (χ3n) is 2.52. The Bertz CT molecular complexity index is 501. The van der Waals surface area contributed by atoms with Crippen LogP contribution < -0.4 is 11.1 Å². The van der Waals surface area contributed by atoms with Gasteiger partial charge in [0.15, 0.2) is 0 Å². The van der Waals surface area contributed by atoms with Crippen molar-refractivity contribution in [1.29, 1.82) is 0 Å². The van der Waals surface area contributed by atoms with E-state index < -0.39 is 0 Å². The molecule has 0 aliphatic rings. The molecule has 0 aliphatic carbocycles. The summed E-state index contributed by atoms with van der Waals surface area (Å²) in [5, 5.41) is 3.30. The minimum Gasteiger partial charge on any atom is -0.396 e. The average Bonchev–Trinajstić information content (AvgIpc) is 2.37. The fraction of sp³-hybridized carbons (Fsp3) is 0.333. The van der Waals surface area contributed by atoms with Crippen LogP contribution in [0.2, 0.25) is 0 Å². The second kappa shape index (κ2) is 5.68. The van der Waals surface area contributed by atoms with Crippen molar-refractivity contribution in [3.8, 4) is 0 Å². The van der Waals surface area contributed by atoms with E-state index >= 15 is 0 Å². The third kappa shape index (κ3) is 2.77. The van der Waals surface area contributed by atoms with Gasteiger partial charge in [0.1, 0.15) is 5.52 Å². The summed E-state index contributed by atoms with van der Waals surface area (Å²) in [4.78, 5) is 8.55. The molecular weight excluding hydrogens is 236 g/mol. The Labute approximate surface area is 105 Å². The molecule has 0 amide bonds. The Morgan fingerprint density at radius 2 is 2.18 bits per heavy atom. The molecule has 17 heavy (non-hydrogen) atoms. The number of pyridine rings is 2. The van der Waals surface area contributed by atoms with E-state index in [1.54, 1.807) is 12.4 Å². The van der Waals surface area contributed by atoms with E-state index in [9.17, 15) is 0 Å². The number of halogens is 1. The van der Waals surface area contributed by atoms with Crippen molar-refractivity contribution in [3.05, 3.63) is 24.5 Å². The lowest BCUT2D eigenvalue weighted by Gasteiger charge is -2.10. The molecule has 0 saturated carbocycles. The van der Waals surface area contributed by atoms with Crippen LogP contribution in [-0.4, -0.2) is 22.4 Å². The highest BCUT2D eigenvalue weighted by molar-refractivity contribution is 6.17. The molecule has 0 aliphatic heterocycles. The first-order valence-electron chi connectivity index (χ1n) is 5.62. The van der Waals surface area contributed by atoms with Gasteiger partial charge in [-0.3, -0.25) is 9.97 Å². The first-order valence-corrected chi connectivity index (χ1v) is 6.15. The molecule has 90 valence electrons. The Morgan fingerprint density at radius 3 is 3.00 bits per heavy atom. The average molecular weight is 251 g/mol. The lowest BCUT2D eigenvalue weighted by atomic mass is 10.2. The van der Waals surface area contributed by atoms with Crippen molar-refractivity contribution in [2.24, 2.45) is 0 Å². The molecule has 2 aromatic heterocycles. The number of alkyl halides is 1. The normalized spacial score (nSPS) is 10.6. The molecule has 0 bridgehead atoms. The Balaban J connectivity index is 2.22. The van der Waals surface area contributed by atoms with Crippen LogP contribution in [0.1, 0.15) is 12.8 Å². The number of hydrogen-bond donors (Lipinski definition) is 2. The monoisotopic (exact) mass is 250 g/mol. The van der Waals surface area contributed by atoms with Crippen molar-refractivity contribution in [2.75, 3.05) is 23.5 Å². The summed E-state index contributed by atoms with van der Waals surface area (Å²) in [5.41, 5.74) is 9.07. The molecule has 0 spiro atoms. The number of nitrogens with zero attached hydrogens (tertiary/aromatic N) is 2. The maximum atomic E-state index is 5.91. The predicted octanol–water partition coefficient (Wildman–Crippen LogP) is 2.64. The summed E-state index contributed by atoms with van der Waals surface area (Å²) in [6.07, 6.45) is 5.41. The van der Waals surface area contributed by atoms with E-state index in [1.165, 1.54) is 0 Å². The summed E-state index contributed by atoms with van der Waals surface area (Å²) in [6, 6.07) is 3.79. The SMILES string of the molecule is Nc1cnc2cccnc2c1NCCCCCl. The van der Waals surface area contributed by atoms with Gasteiger partial charge in [-0.25, -0.2) is 0 Å². The fourth-order valence-electron chi connectivity index (χ4n) is 1.65. The molecular formula is C12H15ClN4. The molecule has 0 unspecified atom stereocenters. The summed E-state index contributed by atoms with van der Waals surface area (Å²) < 4.78 is 0. The van der Waals surface area contributed by atoms with E-state index in [-0.39, 0.29) is 0 Å².